The molecular weight excluding hydrogens is 324 g/mol. The van der Waals surface area contributed by atoms with Crippen LogP contribution in [0, 0.1) is 6.92 Å². The fraction of sp³-hybridized carbons (Fsp3) is 0.625. The van der Waals surface area contributed by atoms with Gasteiger partial charge in [-0.3, -0.25) is 14.8 Å². The Labute approximate surface area is 146 Å². The first kappa shape index (κ1) is 17.6. The zero-order chi connectivity index (χ0) is 17.6. The lowest BCUT2D eigenvalue weighted by atomic mass is 10.2. The minimum Gasteiger partial charge on any atom is -0.367 e. The molecule has 1 amide bonds. The third-order valence-corrected chi connectivity index (χ3v) is 4.02. The number of ether oxygens (including phenoxy) is 1. The number of nitrogens with zero attached hydrogens (tertiary/aromatic N) is 4. The molecule has 3 rings (SSSR count). The summed E-state index contributed by atoms with van der Waals surface area (Å²) in [5.41, 5.74) is 0. The first-order valence-corrected chi connectivity index (χ1v) is 8.62. The van der Waals surface area contributed by atoms with E-state index in [-0.39, 0.29) is 12.0 Å². The number of H-pyrrole nitrogens is 1. The molecule has 9 heteroatoms. The van der Waals surface area contributed by atoms with Gasteiger partial charge >= 0.3 is 0 Å². The summed E-state index contributed by atoms with van der Waals surface area (Å²) in [7, 11) is 0. The van der Waals surface area contributed by atoms with E-state index < -0.39 is 0 Å². The zero-order valence-electron chi connectivity index (χ0n) is 14.6. The molecule has 1 fully saturated rings. The molecule has 9 nitrogen and oxygen atoms in total. The van der Waals surface area contributed by atoms with Crippen molar-refractivity contribution in [2.24, 2.45) is 0 Å². The summed E-state index contributed by atoms with van der Waals surface area (Å²) in [5, 5.41) is 13.7. The highest BCUT2D eigenvalue weighted by Gasteiger charge is 2.25. The Morgan fingerprint density at radius 1 is 1.52 bits per heavy atom. The van der Waals surface area contributed by atoms with Gasteiger partial charge in [0.15, 0.2) is 11.6 Å². The molecule has 1 atom stereocenters. The molecule has 2 aromatic heterocycles. The van der Waals surface area contributed by atoms with Crippen LogP contribution in [0.2, 0.25) is 0 Å². The second kappa shape index (κ2) is 8.21. The van der Waals surface area contributed by atoms with Crippen LogP contribution in [0.1, 0.15) is 43.3 Å². The fourth-order valence-corrected chi connectivity index (χ4v) is 2.75. The molecular formula is C16H24N6O3. The van der Waals surface area contributed by atoms with Crippen molar-refractivity contribution in [1.29, 1.82) is 0 Å². The molecule has 0 spiro atoms. The molecule has 25 heavy (non-hydrogen) atoms. The number of anilines is 1. The van der Waals surface area contributed by atoms with E-state index in [0.29, 0.717) is 43.5 Å². The highest BCUT2D eigenvalue weighted by Crippen LogP contribution is 2.19. The van der Waals surface area contributed by atoms with Crippen LogP contribution in [0.15, 0.2) is 10.6 Å². The lowest BCUT2D eigenvalue weighted by Gasteiger charge is -2.31. The molecule has 2 N–H and O–H groups in total. The lowest BCUT2D eigenvalue weighted by Crippen LogP contribution is -2.40. The number of hydrogen-bond acceptors (Lipinski definition) is 7. The van der Waals surface area contributed by atoms with E-state index in [0.717, 1.165) is 25.2 Å². The van der Waals surface area contributed by atoms with Gasteiger partial charge in [-0.05, 0) is 13.3 Å². The third kappa shape index (κ3) is 4.86. The summed E-state index contributed by atoms with van der Waals surface area (Å²) < 4.78 is 10.7. The molecule has 1 saturated heterocycles. The highest BCUT2D eigenvalue weighted by molar-refractivity contribution is 5.89. The van der Waals surface area contributed by atoms with Crippen molar-refractivity contribution in [2.75, 3.05) is 31.6 Å². The quantitative estimate of drug-likeness (QED) is 0.779. The largest absolute Gasteiger partial charge is 0.367 e. The number of nitrogens with one attached hydrogen (secondary N) is 2. The molecule has 2 aromatic rings. The number of aryl methyl sites for hydroxylation is 2. The van der Waals surface area contributed by atoms with Crippen molar-refractivity contribution < 1.29 is 14.1 Å². The van der Waals surface area contributed by atoms with Crippen molar-refractivity contribution in [3.63, 3.8) is 0 Å². The Morgan fingerprint density at radius 2 is 2.40 bits per heavy atom. The zero-order valence-corrected chi connectivity index (χ0v) is 14.6. The summed E-state index contributed by atoms with van der Waals surface area (Å²) in [4.78, 5) is 18.7. The minimum absolute atomic E-state index is 0.0838. The van der Waals surface area contributed by atoms with Gasteiger partial charge < -0.3 is 14.6 Å². The number of morpholine rings is 1. The SMILES string of the molecule is CCCc1nc([C@@H]2CN(CCC(=O)Nc3cc(C)on3)CCO2)n[nH]1. The molecule has 3 heterocycles. The number of aromatic amines is 1. The first-order valence-electron chi connectivity index (χ1n) is 8.62. The van der Waals surface area contributed by atoms with E-state index in [1.165, 1.54) is 0 Å². The van der Waals surface area contributed by atoms with Crippen molar-refractivity contribution >= 4 is 11.7 Å². The third-order valence-electron chi connectivity index (χ3n) is 4.02. The molecule has 0 aliphatic carbocycles. The smallest absolute Gasteiger partial charge is 0.226 e. The van der Waals surface area contributed by atoms with E-state index in [2.05, 4.69) is 37.5 Å². The van der Waals surface area contributed by atoms with Crippen LogP contribution in [-0.2, 0) is 16.0 Å². The Hall–Kier alpha value is -2.26. The molecule has 0 bridgehead atoms. The second-order valence-corrected chi connectivity index (χ2v) is 6.17. The monoisotopic (exact) mass is 348 g/mol. The van der Waals surface area contributed by atoms with Crippen LogP contribution < -0.4 is 5.32 Å². The van der Waals surface area contributed by atoms with Crippen molar-refractivity contribution in [3.05, 3.63) is 23.5 Å². The highest BCUT2D eigenvalue weighted by atomic mass is 16.5. The Balaban J connectivity index is 1.47. The topological polar surface area (TPSA) is 109 Å². The summed E-state index contributed by atoms with van der Waals surface area (Å²) >= 11 is 0. The summed E-state index contributed by atoms with van der Waals surface area (Å²) in [5.74, 6) is 2.61. The van der Waals surface area contributed by atoms with Crippen LogP contribution in [0.25, 0.3) is 0 Å². The van der Waals surface area contributed by atoms with Crippen molar-refractivity contribution in [2.45, 2.75) is 39.2 Å². The van der Waals surface area contributed by atoms with Gasteiger partial charge in [0.25, 0.3) is 0 Å². The van der Waals surface area contributed by atoms with Gasteiger partial charge in [0, 0.05) is 38.5 Å². The number of amides is 1. The van der Waals surface area contributed by atoms with Gasteiger partial charge in [-0.15, -0.1) is 0 Å². The van der Waals surface area contributed by atoms with E-state index in [1.807, 2.05) is 0 Å². The predicted octanol–water partition coefficient (Wildman–Crippen LogP) is 1.46. The molecule has 0 radical (unpaired) electrons. The normalized spacial score (nSPS) is 18.4. The lowest BCUT2D eigenvalue weighted by molar-refractivity contribution is -0.117. The minimum atomic E-state index is -0.156. The molecule has 0 saturated carbocycles. The van der Waals surface area contributed by atoms with E-state index in [1.54, 1.807) is 13.0 Å². The van der Waals surface area contributed by atoms with Gasteiger partial charge in [-0.25, -0.2) is 4.98 Å². The summed E-state index contributed by atoms with van der Waals surface area (Å²) in [6, 6.07) is 1.69. The first-order chi connectivity index (χ1) is 12.1. The number of carbonyl (C=O) groups excluding carboxylic acids is 1. The van der Waals surface area contributed by atoms with E-state index in [9.17, 15) is 4.79 Å². The second-order valence-electron chi connectivity index (χ2n) is 6.17. The maximum atomic E-state index is 12.0. The molecule has 136 valence electrons. The molecule has 0 unspecified atom stereocenters. The van der Waals surface area contributed by atoms with Crippen molar-refractivity contribution in [1.82, 2.24) is 25.2 Å². The average Bonchev–Trinajstić information content (AvgIpc) is 3.23. The summed E-state index contributed by atoms with van der Waals surface area (Å²) in [6.45, 7) is 6.61. The molecule has 1 aliphatic heterocycles. The Kier molecular flexibility index (Phi) is 5.77. The number of aromatic nitrogens is 4. The van der Waals surface area contributed by atoms with E-state index >= 15 is 0 Å². The van der Waals surface area contributed by atoms with Gasteiger partial charge in [0.2, 0.25) is 5.91 Å². The van der Waals surface area contributed by atoms with Gasteiger partial charge in [-0.2, -0.15) is 5.10 Å². The maximum Gasteiger partial charge on any atom is 0.226 e. The van der Waals surface area contributed by atoms with Gasteiger partial charge in [-0.1, -0.05) is 12.1 Å². The van der Waals surface area contributed by atoms with Gasteiger partial charge in [0.1, 0.15) is 17.7 Å². The van der Waals surface area contributed by atoms with E-state index in [4.69, 9.17) is 9.26 Å². The Morgan fingerprint density at radius 3 is 3.16 bits per heavy atom. The van der Waals surface area contributed by atoms with Crippen molar-refractivity contribution in [3.8, 4) is 0 Å². The van der Waals surface area contributed by atoms with Crippen LogP contribution in [0.5, 0.6) is 0 Å². The average molecular weight is 348 g/mol. The predicted molar refractivity (Wildman–Crippen MR) is 90.0 cm³/mol. The van der Waals surface area contributed by atoms with Gasteiger partial charge in [0.05, 0.1) is 6.61 Å². The molecule has 0 aromatic carbocycles. The van der Waals surface area contributed by atoms with Crippen LogP contribution in [-0.4, -0.2) is 57.4 Å². The number of hydrogen-bond donors (Lipinski definition) is 2. The fourth-order valence-electron chi connectivity index (χ4n) is 2.75. The standard InChI is InChI=1S/C16H24N6O3/c1-3-4-13-18-16(20-19-13)12-10-22(7-8-24-12)6-5-15(23)17-14-9-11(2)25-21-14/h9,12H,3-8,10H2,1-2H3,(H,17,21,23)(H,18,19,20)/t12-/m0/s1. The molecule has 1 aliphatic rings. The van der Waals surface area contributed by atoms with Crippen LogP contribution in [0.4, 0.5) is 5.82 Å². The van der Waals surface area contributed by atoms with Crippen LogP contribution >= 0.6 is 0 Å². The number of carbonyl (C=O) groups is 1. The summed E-state index contributed by atoms with van der Waals surface area (Å²) in [6.07, 6.45) is 2.13. The van der Waals surface area contributed by atoms with Crippen LogP contribution in [0.3, 0.4) is 0 Å². The maximum absolute atomic E-state index is 12.0. The Bertz CT molecular complexity index is 698. The number of rotatable bonds is 7.